The van der Waals surface area contributed by atoms with E-state index in [0.29, 0.717) is 23.7 Å². The first-order valence-corrected chi connectivity index (χ1v) is 34.3. The number of fused-ring (bicyclic) bond motifs is 5. The first-order valence-electron chi connectivity index (χ1n) is 26.4. The van der Waals surface area contributed by atoms with E-state index in [9.17, 15) is 0 Å². The van der Waals surface area contributed by atoms with Crippen LogP contribution in [0.1, 0.15) is 140 Å². The second-order valence-electron chi connectivity index (χ2n) is 23.8. The third kappa shape index (κ3) is 8.20. The van der Waals surface area contributed by atoms with Gasteiger partial charge in [-0.1, -0.05) is 198 Å². The molecular formula is C62H78N3OPSi3. The predicted octanol–water partition coefficient (Wildman–Crippen LogP) is 14.3. The molecule has 0 unspecified atom stereocenters. The molecule has 10 rings (SSSR count). The highest BCUT2D eigenvalue weighted by Crippen LogP contribution is 2.84. The number of para-hydroxylation sites is 1. The molecule has 6 aromatic rings. The van der Waals surface area contributed by atoms with E-state index in [1.165, 1.54) is 63.1 Å². The second kappa shape index (κ2) is 18.9. The van der Waals surface area contributed by atoms with E-state index in [0.717, 1.165) is 0 Å². The Balaban J connectivity index is 1.50. The minimum Gasteiger partial charge on any atom is -0.437 e. The van der Waals surface area contributed by atoms with Crippen LogP contribution in [0.5, 0.6) is 0 Å². The molecule has 2 aliphatic heterocycles. The molecule has 0 aromatic heterocycles. The minimum absolute atomic E-state index is 0.00128. The van der Waals surface area contributed by atoms with Crippen molar-refractivity contribution in [2.45, 2.75) is 136 Å². The number of hydrogen-bond donors (Lipinski definition) is 0. The van der Waals surface area contributed by atoms with E-state index in [1.807, 2.05) is 0 Å². The number of hydrogen-bond acceptors (Lipinski definition) is 4. The number of anilines is 1. The SMILES string of the molecule is CC(C)c1cccc(C(C)C)c1N1C2=C([C@@H]3CC[C@H]2C3)P2(=C(c3ccccc3)[C@@H](c3ccccc3)[C@@H](c3ccccc3)[Si@@H]1O[SiH](c1ccccc1)c1ccccc1)N(C(C)(C)C)[Si](C)(C)N2C(C)(C)C. The Labute approximate surface area is 426 Å². The molecule has 364 valence electrons. The maximum atomic E-state index is 8.85. The van der Waals surface area contributed by atoms with Crippen LogP contribution in [0.3, 0.4) is 0 Å². The van der Waals surface area contributed by atoms with Crippen LogP contribution in [0.2, 0.25) is 13.1 Å². The van der Waals surface area contributed by atoms with Crippen LogP contribution >= 0.6 is 7.19 Å². The van der Waals surface area contributed by atoms with Gasteiger partial charge in [0.15, 0.2) is 0 Å². The van der Waals surface area contributed by atoms with Crippen LogP contribution in [-0.4, -0.2) is 51.7 Å². The highest BCUT2D eigenvalue weighted by Gasteiger charge is 2.71. The van der Waals surface area contributed by atoms with E-state index < -0.39 is 33.8 Å². The van der Waals surface area contributed by atoms with E-state index in [2.05, 4.69) is 265 Å². The standard InChI is InChI=1S/C62H78N3OPSi3/c1-44(2)53-39-28-40-54(45(3)4)57(53)63-56-49-41-42-50(43-49)59(56)67(64(61(5,6)7)70(11,12)65(67)62(8,9)10)58(47-31-20-14-21-32-47)55(46-29-18-13-19-30-46)60(48-33-22-15-23-34-48)69(63)66-68(51-35-24-16-25-36-51)52-37-26-17-27-38-52/h13-40,44-45,49-50,55,60,68-69H,41-43H2,1-12H3/t49-,50+,55+,60+,69-/m0/s1. The molecule has 2 aliphatic carbocycles. The fourth-order valence-electron chi connectivity index (χ4n) is 14.3. The largest absolute Gasteiger partial charge is 0.437 e. The Hall–Kier alpha value is -4.31. The van der Waals surface area contributed by atoms with Gasteiger partial charge in [0.2, 0.25) is 17.4 Å². The lowest BCUT2D eigenvalue weighted by Crippen LogP contribution is -2.79. The van der Waals surface area contributed by atoms with Crippen LogP contribution in [0.25, 0.3) is 0 Å². The first kappa shape index (κ1) is 49.3. The average molecular weight is 997 g/mol. The molecule has 6 aromatic carbocycles. The van der Waals surface area contributed by atoms with Crippen molar-refractivity contribution in [3.05, 3.63) is 209 Å². The molecule has 0 radical (unpaired) electrons. The summed E-state index contributed by atoms with van der Waals surface area (Å²) in [6.07, 6.45) is 3.69. The third-order valence-electron chi connectivity index (χ3n) is 16.0. The maximum absolute atomic E-state index is 8.85. The number of allylic oxidation sites excluding steroid dienone is 2. The van der Waals surface area contributed by atoms with Gasteiger partial charge in [0.1, 0.15) is 0 Å². The summed E-state index contributed by atoms with van der Waals surface area (Å²) in [5.74, 6) is 1.56. The maximum Gasteiger partial charge on any atom is 0.287 e. The second-order valence-corrected chi connectivity index (χ2v) is 36.6. The van der Waals surface area contributed by atoms with Crippen molar-refractivity contribution in [2.24, 2.45) is 11.8 Å². The zero-order valence-electron chi connectivity index (χ0n) is 44.1. The summed E-state index contributed by atoms with van der Waals surface area (Å²) in [5.41, 5.74) is 10.00. The number of rotatable bonds is 10. The van der Waals surface area contributed by atoms with E-state index >= 15 is 0 Å². The van der Waals surface area contributed by atoms with Crippen molar-refractivity contribution in [1.29, 1.82) is 0 Å². The Morgan fingerprint density at radius 3 is 1.49 bits per heavy atom. The molecule has 0 N–H and O–H groups in total. The zero-order valence-corrected chi connectivity index (χ0v) is 48.3. The molecule has 2 heterocycles. The molecule has 4 aliphatic rings. The van der Waals surface area contributed by atoms with Crippen LogP contribution in [0.15, 0.2) is 181 Å². The summed E-state index contributed by atoms with van der Waals surface area (Å²) in [6.45, 7) is 30.5. The molecule has 2 bridgehead atoms. The fraction of sp³-hybridized carbons (Fsp3) is 0.371. The van der Waals surface area contributed by atoms with Gasteiger partial charge in [-0.2, -0.15) is 0 Å². The molecule has 1 saturated heterocycles. The van der Waals surface area contributed by atoms with Crippen LogP contribution in [-0.2, 0) is 4.12 Å². The van der Waals surface area contributed by atoms with E-state index in [1.54, 1.807) is 16.3 Å². The van der Waals surface area contributed by atoms with Crippen molar-refractivity contribution in [1.82, 2.24) is 8.67 Å². The smallest absolute Gasteiger partial charge is 0.287 e. The van der Waals surface area contributed by atoms with Gasteiger partial charge < -0.3 is 8.68 Å². The lowest BCUT2D eigenvalue weighted by atomic mass is 9.85. The lowest BCUT2D eigenvalue weighted by Gasteiger charge is -2.76. The summed E-state index contributed by atoms with van der Waals surface area (Å²) in [4.78, 5) is 0. The fourth-order valence-corrected chi connectivity index (χ4v) is 39.0. The minimum atomic E-state index is -2.81. The summed E-state index contributed by atoms with van der Waals surface area (Å²) in [5, 5.41) is 6.13. The van der Waals surface area contributed by atoms with Crippen LogP contribution < -0.4 is 14.9 Å². The predicted molar refractivity (Wildman–Crippen MR) is 309 cm³/mol. The molecular weight excluding hydrogens is 918 g/mol. The topological polar surface area (TPSA) is 19.0 Å². The molecule has 5 atom stereocenters. The summed E-state index contributed by atoms with van der Waals surface area (Å²) < 4.78 is 18.5. The molecule has 2 fully saturated rings. The molecule has 4 nitrogen and oxygen atoms in total. The Kier molecular flexibility index (Phi) is 13.3. The highest BCUT2D eigenvalue weighted by atomic mass is 31.2. The van der Waals surface area contributed by atoms with Crippen LogP contribution in [0, 0.1) is 11.8 Å². The summed E-state index contributed by atoms with van der Waals surface area (Å²) in [6, 6.07) is 65.7. The van der Waals surface area contributed by atoms with Crippen LogP contribution in [0.4, 0.5) is 5.69 Å². The molecule has 1 spiro atoms. The van der Waals surface area contributed by atoms with Gasteiger partial charge in [0.05, 0.1) is 0 Å². The zero-order chi connectivity index (χ0) is 49.3. The van der Waals surface area contributed by atoms with Gasteiger partial charge in [-0.3, -0.25) is 8.67 Å². The molecule has 8 heteroatoms. The van der Waals surface area contributed by atoms with E-state index in [4.69, 9.17) is 4.12 Å². The monoisotopic (exact) mass is 996 g/mol. The van der Waals surface area contributed by atoms with Crippen molar-refractivity contribution in [3.8, 4) is 0 Å². The van der Waals surface area contributed by atoms with Crippen molar-refractivity contribution < 1.29 is 4.12 Å². The normalized spacial score (nSPS) is 23.6. The highest BCUT2D eigenvalue weighted by molar-refractivity contribution is 7.83. The molecule has 0 amide bonds. The van der Waals surface area contributed by atoms with Gasteiger partial charge in [-0.25, -0.2) is 0 Å². The number of nitrogens with zero attached hydrogens (tertiary/aromatic N) is 3. The number of benzene rings is 6. The average Bonchev–Trinajstić information content (AvgIpc) is 3.95. The summed E-state index contributed by atoms with van der Waals surface area (Å²) in [7, 11) is -10.2. The molecule has 70 heavy (non-hydrogen) atoms. The van der Waals surface area contributed by atoms with Crippen molar-refractivity contribution in [2.75, 3.05) is 4.57 Å². The van der Waals surface area contributed by atoms with Gasteiger partial charge in [0.25, 0.3) is 9.20 Å². The first-order chi connectivity index (χ1) is 33.5. The van der Waals surface area contributed by atoms with E-state index in [-0.39, 0.29) is 22.5 Å². The van der Waals surface area contributed by atoms with Gasteiger partial charge >= 0.3 is 0 Å². The third-order valence-corrected chi connectivity index (χ3v) is 35.5. The Morgan fingerprint density at radius 1 is 0.571 bits per heavy atom. The van der Waals surface area contributed by atoms with Gasteiger partial charge in [0, 0.05) is 46.4 Å². The van der Waals surface area contributed by atoms with Crippen molar-refractivity contribution in [3.63, 3.8) is 0 Å². The van der Waals surface area contributed by atoms with Gasteiger partial charge in [-0.05, 0) is 141 Å². The Bertz CT molecular complexity index is 2800. The lowest BCUT2D eigenvalue weighted by molar-refractivity contribution is 0.237. The van der Waals surface area contributed by atoms with Gasteiger partial charge in [-0.15, -0.1) is 0 Å². The Morgan fingerprint density at radius 2 is 1.01 bits per heavy atom. The van der Waals surface area contributed by atoms with Crippen molar-refractivity contribution >= 4 is 55.2 Å². The molecule has 1 saturated carbocycles. The quantitative estimate of drug-likeness (QED) is 0.101. The summed E-state index contributed by atoms with van der Waals surface area (Å²) >= 11 is 0.